The first-order chi connectivity index (χ1) is 9.22. The molecule has 1 unspecified atom stereocenters. The van der Waals surface area contributed by atoms with E-state index >= 15 is 0 Å². The molecule has 2 rings (SSSR count). The number of hydrogen-bond acceptors (Lipinski definition) is 3. The van der Waals surface area contributed by atoms with E-state index in [2.05, 4.69) is 17.1 Å². The Labute approximate surface area is 114 Å². The zero-order chi connectivity index (χ0) is 13.7. The van der Waals surface area contributed by atoms with Crippen molar-refractivity contribution < 1.29 is 9.13 Å². The number of methoxy groups -OCH3 is 1. The highest BCUT2D eigenvalue weighted by molar-refractivity contribution is 5.29. The molecule has 1 aromatic carbocycles. The summed E-state index contributed by atoms with van der Waals surface area (Å²) >= 11 is 0. The summed E-state index contributed by atoms with van der Waals surface area (Å²) in [5.74, 6) is 0.0353. The predicted molar refractivity (Wildman–Crippen MR) is 74.9 cm³/mol. The van der Waals surface area contributed by atoms with Crippen LogP contribution in [0.25, 0.3) is 0 Å². The second-order valence-corrected chi connectivity index (χ2v) is 5.10. The molecule has 0 bridgehead atoms. The predicted octanol–water partition coefficient (Wildman–Crippen LogP) is 2.41. The minimum Gasteiger partial charge on any atom is -0.494 e. The Morgan fingerprint density at radius 1 is 1.47 bits per heavy atom. The van der Waals surface area contributed by atoms with Crippen molar-refractivity contribution in [1.29, 1.82) is 0 Å². The second kappa shape index (κ2) is 6.87. The van der Waals surface area contributed by atoms with Gasteiger partial charge in [-0.15, -0.1) is 0 Å². The maximum Gasteiger partial charge on any atom is 0.165 e. The van der Waals surface area contributed by atoms with Crippen molar-refractivity contribution in [3.8, 4) is 5.75 Å². The largest absolute Gasteiger partial charge is 0.494 e. The first-order valence-electron chi connectivity index (χ1n) is 7.01. The van der Waals surface area contributed by atoms with E-state index in [1.54, 1.807) is 12.1 Å². The number of halogens is 1. The van der Waals surface area contributed by atoms with Gasteiger partial charge in [0.2, 0.25) is 0 Å². The van der Waals surface area contributed by atoms with E-state index in [9.17, 15) is 4.39 Å². The topological polar surface area (TPSA) is 24.5 Å². The first-order valence-corrected chi connectivity index (χ1v) is 7.01. The molecule has 0 aromatic heterocycles. The molecule has 106 valence electrons. The molecule has 0 amide bonds. The molecular weight excluding hydrogens is 243 g/mol. The number of rotatable bonds is 5. The Morgan fingerprint density at radius 2 is 2.32 bits per heavy atom. The fraction of sp³-hybridized carbons (Fsp3) is 0.600. The van der Waals surface area contributed by atoms with Crippen LogP contribution in [0.2, 0.25) is 0 Å². The number of piperidine rings is 1. The third kappa shape index (κ3) is 3.91. The third-order valence-electron chi connectivity index (χ3n) is 3.62. The Balaban J connectivity index is 1.94. The summed E-state index contributed by atoms with van der Waals surface area (Å²) in [7, 11) is 1.49. The van der Waals surface area contributed by atoms with Gasteiger partial charge in [-0.3, -0.25) is 4.90 Å². The van der Waals surface area contributed by atoms with Crippen molar-refractivity contribution in [2.45, 2.75) is 32.4 Å². The van der Waals surface area contributed by atoms with E-state index in [0.29, 0.717) is 11.8 Å². The summed E-state index contributed by atoms with van der Waals surface area (Å²) in [6, 6.07) is 5.80. The SMILES string of the molecule is CCNC1CCCN(Cc2ccc(OC)c(F)c2)C1. The lowest BCUT2D eigenvalue weighted by Crippen LogP contribution is -2.45. The minimum atomic E-state index is -0.278. The zero-order valence-corrected chi connectivity index (χ0v) is 11.8. The van der Waals surface area contributed by atoms with Gasteiger partial charge in [0.25, 0.3) is 0 Å². The smallest absolute Gasteiger partial charge is 0.165 e. The minimum absolute atomic E-state index is 0.278. The van der Waals surface area contributed by atoms with Crippen molar-refractivity contribution in [3.63, 3.8) is 0 Å². The van der Waals surface area contributed by atoms with Gasteiger partial charge in [-0.05, 0) is 43.6 Å². The maximum atomic E-state index is 13.6. The Morgan fingerprint density at radius 3 is 3.00 bits per heavy atom. The molecule has 1 fully saturated rings. The van der Waals surface area contributed by atoms with Gasteiger partial charge in [0.1, 0.15) is 0 Å². The molecule has 1 aliphatic heterocycles. The quantitative estimate of drug-likeness (QED) is 0.885. The van der Waals surface area contributed by atoms with Crippen LogP contribution in [0.1, 0.15) is 25.3 Å². The van der Waals surface area contributed by atoms with E-state index in [1.807, 2.05) is 6.07 Å². The molecule has 0 aliphatic carbocycles. The highest BCUT2D eigenvalue weighted by Gasteiger charge is 2.19. The lowest BCUT2D eigenvalue weighted by atomic mass is 10.0. The fourth-order valence-electron chi connectivity index (χ4n) is 2.72. The summed E-state index contributed by atoms with van der Waals surface area (Å²) in [5.41, 5.74) is 1.01. The van der Waals surface area contributed by atoms with E-state index < -0.39 is 0 Å². The number of nitrogens with zero attached hydrogens (tertiary/aromatic N) is 1. The number of likely N-dealkylation sites (tertiary alicyclic amines) is 1. The summed E-state index contributed by atoms with van der Waals surface area (Å²) in [6.07, 6.45) is 2.44. The molecule has 1 aromatic rings. The van der Waals surface area contributed by atoms with Crippen LogP contribution in [0, 0.1) is 5.82 Å². The maximum absolute atomic E-state index is 13.6. The van der Waals surface area contributed by atoms with Gasteiger partial charge in [0.05, 0.1) is 7.11 Å². The Kier molecular flexibility index (Phi) is 5.16. The number of nitrogens with one attached hydrogen (secondary N) is 1. The van der Waals surface area contributed by atoms with Gasteiger partial charge < -0.3 is 10.1 Å². The molecule has 0 radical (unpaired) electrons. The molecular formula is C15H23FN2O. The molecule has 1 heterocycles. The third-order valence-corrected chi connectivity index (χ3v) is 3.62. The van der Waals surface area contributed by atoms with E-state index in [1.165, 1.54) is 20.0 Å². The number of hydrogen-bond donors (Lipinski definition) is 1. The van der Waals surface area contributed by atoms with Crippen LogP contribution in [-0.2, 0) is 6.54 Å². The summed E-state index contributed by atoms with van der Waals surface area (Å²) in [4.78, 5) is 2.39. The molecule has 0 saturated carbocycles. The number of benzene rings is 1. The van der Waals surface area contributed by atoms with Crippen LogP contribution < -0.4 is 10.1 Å². The van der Waals surface area contributed by atoms with Gasteiger partial charge in [-0.1, -0.05) is 13.0 Å². The van der Waals surface area contributed by atoms with Crippen LogP contribution in [-0.4, -0.2) is 37.7 Å². The van der Waals surface area contributed by atoms with Gasteiger partial charge >= 0.3 is 0 Å². The highest BCUT2D eigenvalue weighted by Crippen LogP contribution is 2.20. The standard InChI is InChI=1S/C15H23FN2O/c1-3-17-13-5-4-8-18(11-13)10-12-6-7-15(19-2)14(16)9-12/h6-7,9,13,17H,3-5,8,10-11H2,1-2H3. The summed E-state index contributed by atoms with van der Waals surface area (Å²) < 4.78 is 18.6. The van der Waals surface area contributed by atoms with Gasteiger partial charge in [-0.2, -0.15) is 0 Å². The molecule has 19 heavy (non-hydrogen) atoms. The Bertz CT molecular complexity index is 409. The lowest BCUT2D eigenvalue weighted by molar-refractivity contribution is 0.184. The van der Waals surface area contributed by atoms with Crippen molar-refractivity contribution in [3.05, 3.63) is 29.6 Å². The van der Waals surface area contributed by atoms with Crippen molar-refractivity contribution in [2.24, 2.45) is 0 Å². The van der Waals surface area contributed by atoms with Crippen LogP contribution in [0.5, 0.6) is 5.75 Å². The monoisotopic (exact) mass is 266 g/mol. The van der Waals surface area contributed by atoms with Crippen molar-refractivity contribution in [2.75, 3.05) is 26.7 Å². The average Bonchev–Trinajstić information content (AvgIpc) is 2.40. The molecule has 1 aliphatic rings. The average molecular weight is 266 g/mol. The van der Waals surface area contributed by atoms with Gasteiger partial charge in [-0.25, -0.2) is 4.39 Å². The summed E-state index contributed by atoms with van der Waals surface area (Å²) in [5, 5.41) is 3.49. The van der Waals surface area contributed by atoms with Crippen LogP contribution in [0.15, 0.2) is 18.2 Å². The molecule has 1 N–H and O–H groups in total. The molecule has 4 heteroatoms. The van der Waals surface area contributed by atoms with Gasteiger partial charge in [0.15, 0.2) is 11.6 Å². The Hall–Kier alpha value is -1.13. The number of ether oxygens (including phenoxy) is 1. The van der Waals surface area contributed by atoms with E-state index in [0.717, 1.165) is 31.7 Å². The van der Waals surface area contributed by atoms with Crippen molar-refractivity contribution >= 4 is 0 Å². The fourth-order valence-corrected chi connectivity index (χ4v) is 2.72. The van der Waals surface area contributed by atoms with Crippen LogP contribution >= 0.6 is 0 Å². The molecule has 1 saturated heterocycles. The normalized spacial score (nSPS) is 20.5. The van der Waals surface area contributed by atoms with Crippen LogP contribution in [0.3, 0.4) is 0 Å². The lowest BCUT2D eigenvalue weighted by Gasteiger charge is -2.33. The zero-order valence-electron chi connectivity index (χ0n) is 11.8. The van der Waals surface area contributed by atoms with Crippen molar-refractivity contribution in [1.82, 2.24) is 10.2 Å². The molecule has 1 atom stereocenters. The van der Waals surface area contributed by atoms with E-state index in [4.69, 9.17) is 4.74 Å². The van der Waals surface area contributed by atoms with Crippen LogP contribution in [0.4, 0.5) is 4.39 Å². The first kappa shape index (κ1) is 14.3. The summed E-state index contributed by atoms with van der Waals surface area (Å²) in [6.45, 7) is 6.09. The highest BCUT2D eigenvalue weighted by atomic mass is 19.1. The molecule has 0 spiro atoms. The molecule has 3 nitrogen and oxygen atoms in total. The number of likely N-dealkylation sites (N-methyl/N-ethyl adjacent to an activating group) is 1. The van der Waals surface area contributed by atoms with E-state index in [-0.39, 0.29) is 5.82 Å². The second-order valence-electron chi connectivity index (χ2n) is 5.10. The van der Waals surface area contributed by atoms with Gasteiger partial charge in [0, 0.05) is 19.1 Å².